The van der Waals surface area contributed by atoms with Gasteiger partial charge in [0.15, 0.2) is 0 Å². The van der Waals surface area contributed by atoms with Gasteiger partial charge in [0, 0.05) is 22.3 Å². The van der Waals surface area contributed by atoms with Gasteiger partial charge in [-0.2, -0.15) is 0 Å². The van der Waals surface area contributed by atoms with Crippen LogP contribution in [0.1, 0.15) is 11.1 Å². The Kier molecular flexibility index (Phi) is 4.56. The van der Waals surface area contributed by atoms with Crippen molar-refractivity contribution in [3.05, 3.63) is 57.6 Å². The highest BCUT2D eigenvalue weighted by Gasteiger charge is 2.04. The van der Waals surface area contributed by atoms with E-state index in [1.807, 2.05) is 37.3 Å². The number of methoxy groups -OCH3 is 1. The fourth-order valence-corrected chi connectivity index (χ4v) is 2.21. The van der Waals surface area contributed by atoms with Gasteiger partial charge in [-0.15, -0.1) is 0 Å². The van der Waals surface area contributed by atoms with E-state index in [9.17, 15) is 0 Å². The molecule has 0 heterocycles. The number of hydrogen-bond donors (Lipinski definition) is 1. The molecule has 100 valence electrons. The van der Waals surface area contributed by atoms with E-state index in [0.29, 0.717) is 16.6 Å². The predicted molar refractivity (Wildman–Crippen MR) is 81.5 cm³/mol. The molecule has 2 nitrogen and oxygen atoms in total. The molecular formula is C15H15Cl2NO. The molecule has 0 fully saturated rings. The monoisotopic (exact) mass is 295 g/mol. The fraction of sp³-hybridized carbons (Fsp3) is 0.200. The first kappa shape index (κ1) is 14.0. The molecule has 0 spiro atoms. The van der Waals surface area contributed by atoms with Crippen molar-refractivity contribution in [1.82, 2.24) is 0 Å². The number of hydrogen-bond acceptors (Lipinski definition) is 2. The zero-order valence-corrected chi connectivity index (χ0v) is 12.3. The van der Waals surface area contributed by atoms with E-state index in [1.165, 1.54) is 0 Å². The van der Waals surface area contributed by atoms with Crippen LogP contribution >= 0.6 is 23.2 Å². The van der Waals surface area contributed by atoms with E-state index in [1.54, 1.807) is 13.2 Å². The van der Waals surface area contributed by atoms with Gasteiger partial charge in [0.25, 0.3) is 0 Å². The molecule has 2 aromatic carbocycles. The van der Waals surface area contributed by atoms with Crippen molar-refractivity contribution in [3.63, 3.8) is 0 Å². The van der Waals surface area contributed by atoms with Crippen molar-refractivity contribution < 1.29 is 4.74 Å². The number of aryl methyl sites for hydroxylation is 1. The number of rotatable bonds is 4. The minimum absolute atomic E-state index is 0.632. The lowest BCUT2D eigenvalue weighted by atomic mass is 10.1. The quantitative estimate of drug-likeness (QED) is 0.864. The summed E-state index contributed by atoms with van der Waals surface area (Å²) in [6, 6.07) is 11.4. The molecule has 1 N–H and O–H groups in total. The van der Waals surface area contributed by atoms with E-state index in [-0.39, 0.29) is 0 Å². The Balaban J connectivity index is 2.12. The van der Waals surface area contributed by atoms with E-state index >= 15 is 0 Å². The van der Waals surface area contributed by atoms with Crippen molar-refractivity contribution in [2.24, 2.45) is 0 Å². The zero-order valence-electron chi connectivity index (χ0n) is 10.8. The highest BCUT2D eigenvalue weighted by atomic mass is 35.5. The Bertz CT molecular complexity index is 584. The van der Waals surface area contributed by atoms with E-state index in [4.69, 9.17) is 27.9 Å². The largest absolute Gasteiger partial charge is 0.497 e. The molecule has 0 aliphatic heterocycles. The van der Waals surface area contributed by atoms with Crippen molar-refractivity contribution in [2.45, 2.75) is 13.5 Å². The number of benzene rings is 2. The van der Waals surface area contributed by atoms with Gasteiger partial charge in [0.05, 0.1) is 7.11 Å². The van der Waals surface area contributed by atoms with Crippen molar-refractivity contribution in [1.29, 1.82) is 0 Å². The lowest BCUT2D eigenvalue weighted by Gasteiger charge is -2.12. The standard InChI is InChI=1S/C15H15Cl2NO/c1-10-7-13(19-2)4-6-15(10)18-9-11-8-12(16)3-5-14(11)17/h3-8,18H,9H2,1-2H3. The van der Waals surface area contributed by atoms with Crippen LogP contribution in [-0.2, 0) is 6.54 Å². The average molecular weight is 296 g/mol. The maximum Gasteiger partial charge on any atom is 0.119 e. The second-order valence-electron chi connectivity index (χ2n) is 4.27. The summed E-state index contributed by atoms with van der Waals surface area (Å²) in [6.45, 7) is 2.66. The molecule has 0 unspecified atom stereocenters. The van der Waals surface area contributed by atoms with Crippen LogP contribution in [0, 0.1) is 6.92 Å². The summed E-state index contributed by atoms with van der Waals surface area (Å²) < 4.78 is 5.18. The molecule has 0 bridgehead atoms. The fourth-order valence-electron chi connectivity index (χ4n) is 1.83. The summed E-state index contributed by atoms with van der Waals surface area (Å²) in [6.07, 6.45) is 0. The van der Waals surface area contributed by atoms with E-state index < -0.39 is 0 Å². The molecule has 0 aromatic heterocycles. The van der Waals surface area contributed by atoms with Crippen LogP contribution in [-0.4, -0.2) is 7.11 Å². The highest BCUT2D eigenvalue weighted by molar-refractivity contribution is 6.33. The van der Waals surface area contributed by atoms with Crippen molar-refractivity contribution in [2.75, 3.05) is 12.4 Å². The Labute approximate surface area is 123 Å². The maximum absolute atomic E-state index is 6.13. The van der Waals surface area contributed by atoms with Gasteiger partial charge in [-0.05, 0) is 54.4 Å². The van der Waals surface area contributed by atoms with Gasteiger partial charge >= 0.3 is 0 Å². The van der Waals surface area contributed by atoms with Gasteiger partial charge in [0.2, 0.25) is 0 Å². The maximum atomic E-state index is 6.13. The highest BCUT2D eigenvalue weighted by Crippen LogP contribution is 2.24. The molecule has 4 heteroatoms. The second kappa shape index (κ2) is 6.18. The molecule has 0 aliphatic carbocycles. The summed E-state index contributed by atoms with van der Waals surface area (Å²) in [4.78, 5) is 0. The topological polar surface area (TPSA) is 21.3 Å². The third-order valence-electron chi connectivity index (χ3n) is 2.91. The summed E-state index contributed by atoms with van der Waals surface area (Å²) >= 11 is 12.1. The molecule has 0 saturated carbocycles. The molecule has 0 amide bonds. The van der Waals surface area contributed by atoms with E-state index in [0.717, 1.165) is 22.6 Å². The molecule has 0 aliphatic rings. The Morgan fingerprint density at radius 3 is 2.58 bits per heavy atom. The van der Waals surface area contributed by atoms with Crippen LogP contribution < -0.4 is 10.1 Å². The molecule has 2 aromatic rings. The first-order chi connectivity index (χ1) is 9.10. The molecular weight excluding hydrogens is 281 g/mol. The van der Waals surface area contributed by atoms with Crippen LogP contribution in [0.5, 0.6) is 5.75 Å². The lowest BCUT2D eigenvalue weighted by molar-refractivity contribution is 0.414. The SMILES string of the molecule is COc1ccc(NCc2cc(Cl)ccc2Cl)c(C)c1. The van der Waals surface area contributed by atoms with Crippen molar-refractivity contribution >= 4 is 28.9 Å². The minimum Gasteiger partial charge on any atom is -0.497 e. The smallest absolute Gasteiger partial charge is 0.119 e. The van der Waals surface area contributed by atoms with Crippen LogP contribution in [0.4, 0.5) is 5.69 Å². The zero-order chi connectivity index (χ0) is 13.8. The van der Waals surface area contributed by atoms with Crippen LogP contribution in [0.3, 0.4) is 0 Å². The molecule has 0 atom stereocenters. The molecule has 19 heavy (non-hydrogen) atoms. The third-order valence-corrected chi connectivity index (χ3v) is 3.51. The van der Waals surface area contributed by atoms with E-state index in [2.05, 4.69) is 5.32 Å². The average Bonchev–Trinajstić information content (AvgIpc) is 2.40. The molecule has 0 radical (unpaired) electrons. The van der Waals surface area contributed by atoms with Crippen LogP contribution in [0.2, 0.25) is 10.0 Å². The van der Waals surface area contributed by atoms with Gasteiger partial charge in [-0.25, -0.2) is 0 Å². The lowest BCUT2D eigenvalue weighted by Crippen LogP contribution is -2.02. The summed E-state index contributed by atoms with van der Waals surface area (Å²) in [5.74, 6) is 0.851. The second-order valence-corrected chi connectivity index (χ2v) is 5.11. The first-order valence-corrected chi connectivity index (χ1v) is 6.68. The Hall–Kier alpha value is -1.38. The number of anilines is 1. The molecule has 0 saturated heterocycles. The number of nitrogens with one attached hydrogen (secondary N) is 1. The first-order valence-electron chi connectivity index (χ1n) is 5.92. The number of ether oxygens (including phenoxy) is 1. The Morgan fingerprint density at radius 2 is 1.89 bits per heavy atom. The Morgan fingerprint density at radius 1 is 1.11 bits per heavy atom. The minimum atomic E-state index is 0.632. The molecule has 2 rings (SSSR count). The van der Waals surface area contributed by atoms with Gasteiger partial charge in [-0.3, -0.25) is 0 Å². The van der Waals surface area contributed by atoms with Gasteiger partial charge in [-0.1, -0.05) is 23.2 Å². The normalized spacial score (nSPS) is 10.3. The summed E-state index contributed by atoms with van der Waals surface area (Å²) in [7, 11) is 1.66. The van der Waals surface area contributed by atoms with Gasteiger partial charge in [0.1, 0.15) is 5.75 Å². The van der Waals surface area contributed by atoms with Crippen LogP contribution in [0.15, 0.2) is 36.4 Å². The third kappa shape index (κ3) is 3.55. The van der Waals surface area contributed by atoms with Crippen molar-refractivity contribution in [3.8, 4) is 5.75 Å². The summed E-state index contributed by atoms with van der Waals surface area (Å²) in [5.41, 5.74) is 3.15. The van der Waals surface area contributed by atoms with Crippen LogP contribution in [0.25, 0.3) is 0 Å². The summed E-state index contributed by atoms with van der Waals surface area (Å²) in [5, 5.41) is 4.75. The predicted octanol–water partition coefficient (Wildman–Crippen LogP) is 4.92. The van der Waals surface area contributed by atoms with Gasteiger partial charge < -0.3 is 10.1 Å². The number of halogens is 2.